The van der Waals surface area contributed by atoms with E-state index >= 15 is 0 Å². The van der Waals surface area contributed by atoms with Gasteiger partial charge < -0.3 is 5.73 Å². The molecule has 0 saturated carbocycles. The Hall–Kier alpha value is -1.69. The van der Waals surface area contributed by atoms with E-state index in [-0.39, 0.29) is 5.91 Å². The molecule has 0 spiro atoms. The highest BCUT2D eigenvalue weighted by molar-refractivity contribution is 6.18. The van der Waals surface area contributed by atoms with Crippen LogP contribution in [0.15, 0.2) is 11.2 Å². The average molecular weight is 193 g/mol. The molecule has 1 aromatic heterocycles. The SMILES string of the molecule is Cc1cc(C2=NNC(=O)C2N)nn1C. The Balaban J connectivity index is 2.37. The second kappa shape index (κ2) is 2.91. The fourth-order valence-electron chi connectivity index (χ4n) is 1.28. The van der Waals surface area contributed by atoms with Gasteiger partial charge in [0.25, 0.3) is 5.91 Å². The Bertz CT molecular complexity index is 400. The van der Waals surface area contributed by atoms with Gasteiger partial charge in [-0.1, -0.05) is 0 Å². The maximum Gasteiger partial charge on any atom is 0.263 e. The van der Waals surface area contributed by atoms with Crippen molar-refractivity contribution in [1.29, 1.82) is 0 Å². The number of aryl methyl sites for hydroxylation is 2. The van der Waals surface area contributed by atoms with Crippen LogP contribution in [0.2, 0.25) is 0 Å². The number of nitrogens with two attached hydrogens (primary N) is 1. The molecule has 0 radical (unpaired) electrons. The Kier molecular flexibility index (Phi) is 1.85. The lowest BCUT2D eigenvalue weighted by Gasteiger charge is -1.99. The van der Waals surface area contributed by atoms with E-state index in [1.54, 1.807) is 4.68 Å². The molecule has 0 saturated heterocycles. The third-order valence-corrected chi connectivity index (χ3v) is 2.24. The van der Waals surface area contributed by atoms with Gasteiger partial charge in [0.1, 0.15) is 17.4 Å². The maximum absolute atomic E-state index is 11.1. The van der Waals surface area contributed by atoms with E-state index in [2.05, 4.69) is 15.6 Å². The Morgan fingerprint density at radius 1 is 1.64 bits per heavy atom. The van der Waals surface area contributed by atoms with E-state index < -0.39 is 6.04 Å². The second-order valence-electron chi connectivity index (χ2n) is 3.25. The molecule has 1 aliphatic heterocycles. The van der Waals surface area contributed by atoms with E-state index in [1.807, 2.05) is 20.0 Å². The Morgan fingerprint density at radius 2 is 2.36 bits per heavy atom. The van der Waals surface area contributed by atoms with Crippen LogP contribution in [-0.2, 0) is 11.8 Å². The number of amides is 1. The van der Waals surface area contributed by atoms with Crippen LogP contribution in [0, 0.1) is 6.92 Å². The number of hydrogen-bond donors (Lipinski definition) is 2. The molecule has 3 N–H and O–H groups in total. The summed E-state index contributed by atoms with van der Waals surface area (Å²) < 4.78 is 1.72. The van der Waals surface area contributed by atoms with Crippen molar-refractivity contribution in [3.8, 4) is 0 Å². The quantitative estimate of drug-likeness (QED) is 0.593. The lowest BCUT2D eigenvalue weighted by atomic mass is 10.1. The number of hydrazone groups is 1. The second-order valence-corrected chi connectivity index (χ2v) is 3.25. The molecule has 1 unspecified atom stereocenters. The van der Waals surface area contributed by atoms with E-state index in [0.717, 1.165) is 5.69 Å². The molecule has 1 aromatic rings. The summed E-state index contributed by atoms with van der Waals surface area (Å²) in [5.74, 6) is -0.289. The van der Waals surface area contributed by atoms with Crippen LogP contribution < -0.4 is 11.2 Å². The Labute approximate surface area is 80.8 Å². The summed E-state index contributed by atoms with van der Waals surface area (Å²) >= 11 is 0. The first-order valence-corrected chi connectivity index (χ1v) is 4.23. The topological polar surface area (TPSA) is 85.3 Å². The van der Waals surface area contributed by atoms with Gasteiger partial charge in [-0.15, -0.1) is 0 Å². The fourth-order valence-corrected chi connectivity index (χ4v) is 1.28. The van der Waals surface area contributed by atoms with Crippen molar-refractivity contribution in [1.82, 2.24) is 15.2 Å². The third-order valence-electron chi connectivity index (χ3n) is 2.24. The molecule has 0 fully saturated rings. The summed E-state index contributed by atoms with van der Waals surface area (Å²) in [5, 5.41) is 8.03. The van der Waals surface area contributed by atoms with Crippen LogP contribution in [0.25, 0.3) is 0 Å². The van der Waals surface area contributed by atoms with E-state index in [1.165, 1.54) is 0 Å². The number of aromatic nitrogens is 2. The minimum atomic E-state index is -0.704. The number of hydrogen-bond acceptors (Lipinski definition) is 4. The van der Waals surface area contributed by atoms with E-state index in [9.17, 15) is 4.79 Å². The van der Waals surface area contributed by atoms with Crippen LogP contribution in [0.4, 0.5) is 0 Å². The van der Waals surface area contributed by atoms with Crippen molar-refractivity contribution in [2.45, 2.75) is 13.0 Å². The predicted octanol–water partition coefficient (Wildman–Crippen LogP) is -1.11. The predicted molar refractivity (Wildman–Crippen MR) is 50.6 cm³/mol. The fraction of sp³-hybridized carbons (Fsp3) is 0.375. The van der Waals surface area contributed by atoms with Crippen LogP contribution >= 0.6 is 0 Å². The zero-order chi connectivity index (χ0) is 10.3. The van der Waals surface area contributed by atoms with Crippen LogP contribution in [0.1, 0.15) is 11.4 Å². The molecule has 0 aliphatic carbocycles. The molecule has 0 bridgehead atoms. The molecule has 2 heterocycles. The summed E-state index contributed by atoms with van der Waals surface area (Å²) in [6.45, 7) is 1.92. The molecule has 14 heavy (non-hydrogen) atoms. The maximum atomic E-state index is 11.1. The third kappa shape index (κ3) is 1.20. The zero-order valence-corrected chi connectivity index (χ0v) is 7.98. The van der Waals surface area contributed by atoms with Gasteiger partial charge >= 0.3 is 0 Å². The van der Waals surface area contributed by atoms with Crippen LogP contribution in [0.3, 0.4) is 0 Å². The smallest absolute Gasteiger partial charge is 0.263 e. The lowest BCUT2D eigenvalue weighted by Crippen LogP contribution is -2.37. The monoisotopic (exact) mass is 193 g/mol. The first-order valence-electron chi connectivity index (χ1n) is 4.23. The summed E-state index contributed by atoms with van der Waals surface area (Å²) in [6.07, 6.45) is 0. The number of rotatable bonds is 1. The summed E-state index contributed by atoms with van der Waals surface area (Å²) in [5.41, 5.74) is 10.1. The van der Waals surface area contributed by atoms with Gasteiger partial charge in [-0.05, 0) is 13.0 Å². The normalized spacial score (nSPS) is 20.9. The molecule has 6 nitrogen and oxygen atoms in total. The van der Waals surface area contributed by atoms with Crippen molar-refractivity contribution in [3.05, 3.63) is 17.5 Å². The molecule has 1 amide bonds. The molecule has 1 atom stereocenters. The zero-order valence-electron chi connectivity index (χ0n) is 7.98. The lowest BCUT2D eigenvalue weighted by molar-refractivity contribution is -0.120. The first kappa shape index (κ1) is 8.89. The molecular weight excluding hydrogens is 182 g/mol. The molecule has 6 heteroatoms. The van der Waals surface area contributed by atoms with Gasteiger partial charge in [-0.3, -0.25) is 9.48 Å². The average Bonchev–Trinajstić information content (AvgIpc) is 2.61. The number of nitrogens with zero attached hydrogens (tertiary/aromatic N) is 3. The van der Waals surface area contributed by atoms with Gasteiger partial charge in [-0.2, -0.15) is 10.2 Å². The molecular formula is C8H11N5O. The van der Waals surface area contributed by atoms with Crippen molar-refractivity contribution in [3.63, 3.8) is 0 Å². The van der Waals surface area contributed by atoms with Gasteiger partial charge in [0.15, 0.2) is 0 Å². The Morgan fingerprint density at radius 3 is 2.79 bits per heavy atom. The van der Waals surface area contributed by atoms with E-state index in [0.29, 0.717) is 11.4 Å². The molecule has 2 rings (SSSR count). The summed E-state index contributed by atoms with van der Waals surface area (Å²) in [4.78, 5) is 11.1. The van der Waals surface area contributed by atoms with Gasteiger partial charge in [0.05, 0.1) is 0 Å². The number of nitrogens with one attached hydrogen (secondary N) is 1. The van der Waals surface area contributed by atoms with Gasteiger partial charge in [-0.25, -0.2) is 5.43 Å². The van der Waals surface area contributed by atoms with Crippen molar-refractivity contribution in [2.75, 3.05) is 0 Å². The minimum Gasteiger partial charge on any atom is -0.315 e. The van der Waals surface area contributed by atoms with E-state index in [4.69, 9.17) is 5.73 Å². The largest absolute Gasteiger partial charge is 0.315 e. The molecule has 0 aromatic carbocycles. The minimum absolute atomic E-state index is 0.289. The highest BCUT2D eigenvalue weighted by atomic mass is 16.2. The summed E-state index contributed by atoms with van der Waals surface area (Å²) in [6, 6.07) is 1.14. The first-order chi connectivity index (χ1) is 6.59. The number of carbonyl (C=O) groups excluding carboxylic acids is 1. The summed E-state index contributed by atoms with van der Waals surface area (Å²) in [7, 11) is 1.83. The van der Waals surface area contributed by atoms with Crippen molar-refractivity contribution in [2.24, 2.45) is 17.9 Å². The standard InChI is InChI=1S/C8H11N5O/c1-4-3-5(12-13(4)2)7-6(9)8(14)11-10-7/h3,6H,9H2,1-2H3,(H,11,14). The molecule has 74 valence electrons. The van der Waals surface area contributed by atoms with Crippen LogP contribution in [-0.4, -0.2) is 27.4 Å². The highest BCUT2D eigenvalue weighted by Crippen LogP contribution is 2.08. The van der Waals surface area contributed by atoms with Gasteiger partial charge in [0, 0.05) is 12.7 Å². The highest BCUT2D eigenvalue weighted by Gasteiger charge is 2.28. The number of carbonyl (C=O) groups is 1. The van der Waals surface area contributed by atoms with Crippen molar-refractivity contribution < 1.29 is 4.79 Å². The van der Waals surface area contributed by atoms with Crippen molar-refractivity contribution >= 4 is 11.6 Å². The molecule has 1 aliphatic rings. The van der Waals surface area contributed by atoms with Crippen LogP contribution in [0.5, 0.6) is 0 Å². The van der Waals surface area contributed by atoms with Gasteiger partial charge in [0.2, 0.25) is 0 Å².